The van der Waals surface area contributed by atoms with Gasteiger partial charge in [-0.1, -0.05) is 0 Å². The first-order chi connectivity index (χ1) is 6.69. The second kappa shape index (κ2) is 4.97. The summed E-state index contributed by atoms with van der Waals surface area (Å²) in [5, 5.41) is 8.38. The van der Waals surface area contributed by atoms with Crippen LogP contribution >= 0.6 is 15.9 Å². The van der Waals surface area contributed by atoms with Crippen LogP contribution < -0.4 is 4.74 Å². The quantitative estimate of drug-likeness (QED) is 0.834. The highest BCUT2D eigenvalue weighted by Crippen LogP contribution is 2.28. The molecule has 1 rings (SSSR count). The normalized spacial score (nSPS) is 9.57. The van der Waals surface area contributed by atoms with Crippen LogP contribution in [0.2, 0.25) is 0 Å². The van der Waals surface area contributed by atoms with Crippen LogP contribution in [-0.4, -0.2) is 7.11 Å². The summed E-state index contributed by atoms with van der Waals surface area (Å²) in [7, 11) is 1.48. The van der Waals surface area contributed by atoms with Gasteiger partial charge in [0.1, 0.15) is 11.6 Å². The van der Waals surface area contributed by atoms with Crippen molar-refractivity contribution >= 4 is 15.9 Å². The van der Waals surface area contributed by atoms with Crippen LogP contribution in [0.5, 0.6) is 5.75 Å². The third-order valence-electron chi connectivity index (χ3n) is 1.83. The van der Waals surface area contributed by atoms with Crippen molar-refractivity contribution in [3.63, 3.8) is 0 Å². The summed E-state index contributed by atoms with van der Waals surface area (Å²) in [5.74, 6) is 0.128. The number of hydrogen-bond donors (Lipinski definition) is 0. The molecule has 0 aliphatic heterocycles. The number of ether oxygens (including phenoxy) is 1. The summed E-state index contributed by atoms with van der Waals surface area (Å²) in [4.78, 5) is 0. The van der Waals surface area contributed by atoms with Crippen LogP contribution in [0.25, 0.3) is 0 Å². The Kier molecular flexibility index (Phi) is 3.90. The molecule has 0 N–H and O–H groups in total. The molecule has 0 amide bonds. The molecule has 0 fully saturated rings. The van der Waals surface area contributed by atoms with Gasteiger partial charge in [-0.15, -0.1) is 0 Å². The van der Waals surface area contributed by atoms with Crippen LogP contribution in [0.1, 0.15) is 12.0 Å². The highest BCUT2D eigenvalue weighted by Gasteiger charge is 2.08. The van der Waals surface area contributed by atoms with Crippen molar-refractivity contribution in [1.82, 2.24) is 0 Å². The van der Waals surface area contributed by atoms with Crippen LogP contribution in [0.4, 0.5) is 4.39 Å². The fourth-order valence-electron chi connectivity index (χ4n) is 1.11. The fraction of sp³-hybridized carbons (Fsp3) is 0.300. The molecular formula is C10H9BrFNO. The molecule has 0 heterocycles. The number of halogens is 2. The van der Waals surface area contributed by atoms with Gasteiger partial charge in [-0.05, 0) is 34.0 Å². The zero-order chi connectivity index (χ0) is 10.6. The van der Waals surface area contributed by atoms with Gasteiger partial charge in [-0.2, -0.15) is 5.26 Å². The predicted molar refractivity (Wildman–Crippen MR) is 54.6 cm³/mol. The Morgan fingerprint density at radius 3 is 2.86 bits per heavy atom. The molecule has 0 bridgehead atoms. The lowest BCUT2D eigenvalue weighted by molar-refractivity contribution is 0.408. The van der Waals surface area contributed by atoms with Gasteiger partial charge in [0.25, 0.3) is 0 Å². The van der Waals surface area contributed by atoms with Crippen molar-refractivity contribution in [1.29, 1.82) is 5.26 Å². The average molecular weight is 258 g/mol. The largest absolute Gasteiger partial charge is 0.495 e. The van der Waals surface area contributed by atoms with Crippen molar-refractivity contribution < 1.29 is 9.13 Å². The average Bonchev–Trinajstić information content (AvgIpc) is 2.18. The van der Waals surface area contributed by atoms with E-state index in [0.29, 0.717) is 28.6 Å². The van der Waals surface area contributed by atoms with Crippen molar-refractivity contribution in [2.24, 2.45) is 0 Å². The van der Waals surface area contributed by atoms with E-state index >= 15 is 0 Å². The fourth-order valence-corrected chi connectivity index (χ4v) is 1.66. The van der Waals surface area contributed by atoms with E-state index in [0.717, 1.165) is 0 Å². The highest BCUT2D eigenvalue weighted by atomic mass is 79.9. The Morgan fingerprint density at radius 2 is 2.29 bits per heavy atom. The van der Waals surface area contributed by atoms with Gasteiger partial charge in [0.05, 0.1) is 17.7 Å². The van der Waals surface area contributed by atoms with E-state index in [1.54, 1.807) is 6.07 Å². The monoisotopic (exact) mass is 257 g/mol. The smallest absolute Gasteiger partial charge is 0.135 e. The molecule has 0 aliphatic rings. The number of benzene rings is 1. The maximum atomic E-state index is 13.3. The first-order valence-electron chi connectivity index (χ1n) is 4.08. The van der Waals surface area contributed by atoms with E-state index in [1.165, 1.54) is 13.2 Å². The molecule has 2 nitrogen and oxygen atoms in total. The van der Waals surface area contributed by atoms with Gasteiger partial charge >= 0.3 is 0 Å². The minimum Gasteiger partial charge on any atom is -0.495 e. The molecule has 4 heteroatoms. The molecule has 0 aromatic heterocycles. The molecule has 0 atom stereocenters. The minimum atomic E-state index is -0.333. The maximum absolute atomic E-state index is 13.3. The van der Waals surface area contributed by atoms with E-state index in [2.05, 4.69) is 15.9 Å². The topological polar surface area (TPSA) is 33.0 Å². The van der Waals surface area contributed by atoms with Gasteiger partial charge < -0.3 is 4.74 Å². The molecule has 1 aromatic carbocycles. The van der Waals surface area contributed by atoms with Crippen LogP contribution in [0.15, 0.2) is 16.6 Å². The van der Waals surface area contributed by atoms with Gasteiger partial charge in [-0.25, -0.2) is 4.39 Å². The summed E-state index contributed by atoms with van der Waals surface area (Å²) >= 11 is 3.26. The Balaban J connectivity index is 2.97. The molecule has 0 saturated carbocycles. The summed E-state index contributed by atoms with van der Waals surface area (Å²) in [5.41, 5.74) is 0.527. The van der Waals surface area contributed by atoms with Gasteiger partial charge in [-0.3, -0.25) is 0 Å². The molecule has 1 aromatic rings. The second-order valence-corrected chi connectivity index (χ2v) is 3.59. The molecule has 0 unspecified atom stereocenters. The zero-order valence-electron chi connectivity index (χ0n) is 7.68. The Hall–Kier alpha value is -1.08. The third-order valence-corrected chi connectivity index (χ3v) is 2.45. The number of nitriles is 1. The molecule has 0 aliphatic carbocycles. The van der Waals surface area contributed by atoms with E-state index in [1.807, 2.05) is 6.07 Å². The van der Waals surface area contributed by atoms with Gasteiger partial charge in [0, 0.05) is 12.5 Å². The second-order valence-electron chi connectivity index (χ2n) is 2.74. The predicted octanol–water partition coefficient (Wildman–Crippen LogP) is 3.05. The van der Waals surface area contributed by atoms with Crippen LogP contribution in [-0.2, 0) is 6.42 Å². The van der Waals surface area contributed by atoms with Crippen LogP contribution in [0, 0.1) is 17.1 Å². The number of hydrogen-bond acceptors (Lipinski definition) is 2. The number of nitrogens with zero attached hydrogens (tertiary/aromatic N) is 1. The lowest BCUT2D eigenvalue weighted by Crippen LogP contribution is -1.93. The molecule has 0 saturated heterocycles. The molecular weight excluding hydrogens is 249 g/mol. The first-order valence-corrected chi connectivity index (χ1v) is 4.87. The van der Waals surface area contributed by atoms with Gasteiger partial charge in [0.15, 0.2) is 0 Å². The van der Waals surface area contributed by atoms with Crippen LogP contribution in [0.3, 0.4) is 0 Å². The zero-order valence-corrected chi connectivity index (χ0v) is 9.27. The Morgan fingerprint density at radius 1 is 1.57 bits per heavy atom. The van der Waals surface area contributed by atoms with Crippen molar-refractivity contribution in [3.05, 3.63) is 28.0 Å². The van der Waals surface area contributed by atoms with Crippen molar-refractivity contribution in [2.75, 3.05) is 7.11 Å². The van der Waals surface area contributed by atoms with Crippen molar-refractivity contribution in [2.45, 2.75) is 12.8 Å². The van der Waals surface area contributed by atoms with E-state index in [9.17, 15) is 4.39 Å². The summed E-state index contributed by atoms with van der Waals surface area (Å²) < 4.78 is 19.0. The summed E-state index contributed by atoms with van der Waals surface area (Å²) in [6, 6.07) is 4.94. The summed E-state index contributed by atoms with van der Waals surface area (Å²) in [6.07, 6.45) is 0.737. The lowest BCUT2D eigenvalue weighted by atomic mass is 10.1. The lowest BCUT2D eigenvalue weighted by Gasteiger charge is -2.06. The molecule has 14 heavy (non-hydrogen) atoms. The number of aryl methyl sites for hydroxylation is 1. The van der Waals surface area contributed by atoms with E-state index < -0.39 is 0 Å². The number of rotatable bonds is 3. The summed E-state index contributed by atoms with van der Waals surface area (Å²) in [6.45, 7) is 0. The first kappa shape index (κ1) is 11.0. The standard InChI is InChI=1S/C10H9BrFNO/c1-14-10-6-9(12)7(3-2-4-13)5-8(10)11/h5-6H,2-3H2,1H3. The highest BCUT2D eigenvalue weighted by molar-refractivity contribution is 9.10. The SMILES string of the molecule is COc1cc(F)c(CCC#N)cc1Br. The number of methoxy groups -OCH3 is 1. The molecule has 74 valence electrons. The minimum absolute atomic E-state index is 0.315. The van der Waals surface area contributed by atoms with Crippen molar-refractivity contribution in [3.8, 4) is 11.8 Å². The Bertz CT molecular complexity index is 373. The van der Waals surface area contributed by atoms with Gasteiger partial charge in [0.2, 0.25) is 0 Å². The Labute approximate surface area is 90.4 Å². The van der Waals surface area contributed by atoms with E-state index in [4.69, 9.17) is 10.00 Å². The molecule has 0 radical (unpaired) electrons. The molecule has 0 spiro atoms. The van der Waals surface area contributed by atoms with E-state index in [-0.39, 0.29) is 5.82 Å². The maximum Gasteiger partial charge on any atom is 0.135 e. The third kappa shape index (κ3) is 2.46.